The van der Waals surface area contributed by atoms with Crippen LogP contribution in [0.5, 0.6) is 0 Å². The van der Waals surface area contributed by atoms with Crippen LogP contribution in [-0.4, -0.2) is 43.0 Å². The van der Waals surface area contributed by atoms with Crippen LogP contribution in [0.25, 0.3) is 0 Å². The second-order valence-electron chi connectivity index (χ2n) is 2.45. The minimum Gasteiger partial charge on any atom is -0.478 e. The van der Waals surface area contributed by atoms with E-state index in [0.717, 1.165) is 6.08 Å². The van der Waals surface area contributed by atoms with Gasteiger partial charge in [0.05, 0.1) is 5.75 Å². The second kappa shape index (κ2) is 6.04. The van der Waals surface area contributed by atoms with Crippen molar-refractivity contribution in [2.24, 2.45) is 0 Å². The molecule has 0 rings (SSSR count). The van der Waals surface area contributed by atoms with E-state index in [0.29, 0.717) is 11.5 Å². The third-order valence-corrected chi connectivity index (χ3v) is 3.20. The Kier molecular flexibility index (Phi) is 5.81. The Morgan fingerprint density at radius 2 is 2.15 bits per heavy atom. The van der Waals surface area contributed by atoms with E-state index in [1.807, 2.05) is 0 Å². The van der Waals surface area contributed by atoms with E-state index in [-0.39, 0.29) is 5.75 Å². The van der Waals surface area contributed by atoms with Crippen molar-refractivity contribution in [3.63, 3.8) is 0 Å². The minimum atomic E-state index is -2.89. The van der Waals surface area contributed by atoms with E-state index in [1.165, 1.54) is 24.1 Å². The summed E-state index contributed by atoms with van der Waals surface area (Å²) in [6, 6.07) is 0. The van der Waals surface area contributed by atoms with Gasteiger partial charge in [0.25, 0.3) is 0 Å². The normalized spacial score (nSPS) is 12.1. The number of hydrogen-bond donors (Lipinski definition) is 1. The molecule has 0 saturated carbocycles. The molecule has 0 atom stereocenters. The number of thioether (sulfide) groups is 1. The van der Waals surface area contributed by atoms with Crippen molar-refractivity contribution in [1.82, 2.24) is 0 Å². The fraction of sp³-hybridized carbons (Fsp3) is 0.571. The second-order valence-corrected chi connectivity index (χ2v) is 5.85. The molecule has 0 aromatic carbocycles. The lowest BCUT2D eigenvalue weighted by molar-refractivity contribution is -0.131. The lowest BCUT2D eigenvalue weighted by Gasteiger charge is -1.95. The zero-order valence-corrected chi connectivity index (χ0v) is 8.90. The number of sulfone groups is 1. The molecule has 0 amide bonds. The average Bonchev–Trinajstić information content (AvgIpc) is 1.93. The number of carboxylic acids is 1. The third kappa shape index (κ3) is 11.5. The van der Waals surface area contributed by atoms with Crippen molar-refractivity contribution in [1.29, 1.82) is 0 Å². The Bertz CT molecular complexity index is 279. The van der Waals surface area contributed by atoms with Gasteiger partial charge in [-0.3, -0.25) is 0 Å². The van der Waals surface area contributed by atoms with E-state index in [1.54, 1.807) is 0 Å². The van der Waals surface area contributed by atoms with Gasteiger partial charge >= 0.3 is 5.97 Å². The largest absolute Gasteiger partial charge is 0.478 e. The van der Waals surface area contributed by atoms with Crippen LogP contribution in [0.2, 0.25) is 0 Å². The average molecular weight is 224 g/mol. The monoisotopic (exact) mass is 224 g/mol. The molecule has 1 N–H and O–H groups in total. The molecule has 0 heterocycles. The van der Waals surface area contributed by atoms with Gasteiger partial charge < -0.3 is 5.11 Å². The molecule has 0 radical (unpaired) electrons. The van der Waals surface area contributed by atoms with Crippen molar-refractivity contribution >= 4 is 27.6 Å². The Morgan fingerprint density at radius 1 is 1.54 bits per heavy atom. The first-order chi connectivity index (χ1) is 5.92. The van der Waals surface area contributed by atoms with E-state index in [9.17, 15) is 13.2 Å². The first-order valence-electron chi connectivity index (χ1n) is 3.57. The molecule has 0 bridgehead atoms. The van der Waals surface area contributed by atoms with Crippen LogP contribution in [0.4, 0.5) is 0 Å². The van der Waals surface area contributed by atoms with E-state index < -0.39 is 15.8 Å². The van der Waals surface area contributed by atoms with Gasteiger partial charge in [-0.05, 0) is 0 Å². The summed E-state index contributed by atoms with van der Waals surface area (Å²) in [4.78, 5) is 10.00. The van der Waals surface area contributed by atoms with Gasteiger partial charge in [0.15, 0.2) is 0 Å². The zero-order valence-electron chi connectivity index (χ0n) is 7.26. The van der Waals surface area contributed by atoms with Gasteiger partial charge in [0, 0.05) is 23.8 Å². The van der Waals surface area contributed by atoms with Gasteiger partial charge in [-0.15, -0.1) is 0 Å². The van der Waals surface area contributed by atoms with Crippen LogP contribution in [0, 0.1) is 0 Å². The van der Waals surface area contributed by atoms with Crippen LogP contribution in [0.1, 0.15) is 0 Å². The molecular formula is C7H12O4S2. The highest BCUT2D eigenvalue weighted by atomic mass is 32.2. The van der Waals surface area contributed by atoms with E-state index in [2.05, 4.69) is 0 Å². The summed E-state index contributed by atoms with van der Waals surface area (Å²) in [5, 5.41) is 8.21. The Morgan fingerprint density at radius 3 is 2.62 bits per heavy atom. The quantitative estimate of drug-likeness (QED) is 0.522. The summed E-state index contributed by atoms with van der Waals surface area (Å²) in [6.07, 6.45) is 3.73. The summed E-state index contributed by atoms with van der Waals surface area (Å²) < 4.78 is 21.3. The highest BCUT2D eigenvalue weighted by molar-refractivity contribution is 8.00. The minimum absolute atomic E-state index is 0.137. The highest BCUT2D eigenvalue weighted by Crippen LogP contribution is 2.01. The van der Waals surface area contributed by atoms with Crippen molar-refractivity contribution in [3.05, 3.63) is 12.2 Å². The SMILES string of the molecule is CS(=O)(=O)CCSC/C=C/C(=O)O. The van der Waals surface area contributed by atoms with Gasteiger partial charge in [0.2, 0.25) is 0 Å². The van der Waals surface area contributed by atoms with E-state index in [4.69, 9.17) is 5.11 Å². The zero-order chi connectivity index (χ0) is 10.3. The maximum Gasteiger partial charge on any atom is 0.328 e. The van der Waals surface area contributed by atoms with Crippen LogP contribution < -0.4 is 0 Å². The maximum absolute atomic E-state index is 10.6. The summed E-state index contributed by atoms with van der Waals surface area (Å²) in [7, 11) is -2.89. The van der Waals surface area contributed by atoms with Crippen molar-refractivity contribution in [2.45, 2.75) is 0 Å². The standard InChI is InChI=1S/C7H12O4S2/c1-13(10,11)6-5-12-4-2-3-7(8)9/h2-3H,4-6H2,1H3,(H,8,9)/b3-2+. The lowest BCUT2D eigenvalue weighted by atomic mass is 10.5. The Balaban J connectivity index is 3.43. The molecule has 0 aliphatic rings. The maximum atomic E-state index is 10.6. The Hall–Kier alpha value is -0.490. The van der Waals surface area contributed by atoms with Crippen LogP contribution >= 0.6 is 11.8 Å². The van der Waals surface area contributed by atoms with Gasteiger partial charge in [-0.1, -0.05) is 6.08 Å². The molecule has 0 fully saturated rings. The fourth-order valence-electron chi connectivity index (χ4n) is 0.511. The number of aliphatic carboxylic acids is 1. The molecule has 6 heteroatoms. The summed E-state index contributed by atoms with van der Waals surface area (Å²) >= 11 is 1.39. The lowest BCUT2D eigenvalue weighted by Crippen LogP contribution is -2.05. The highest BCUT2D eigenvalue weighted by Gasteiger charge is 1.99. The predicted molar refractivity (Wildman–Crippen MR) is 53.8 cm³/mol. The number of carboxylic acid groups (broad SMARTS) is 1. The molecular weight excluding hydrogens is 212 g/mol. The molecule has 0 aromatic rings. The number of hydrogen-bond acceptors (Lipinski definition) is 4. The topological polar surface area (TPSA) is 71.4 Å². The van der Waals surface area contributed by atoms with Gasteiger partial charge in [-0.25, -0.2) is 13.2 Å². The van der Waals surface area contributed by atoms with Crippen LogP contribution in [0.3, 0.4) is 0 Å². The summed E-state index contributed by atoms with van der Waals surface area (Å²) in [6.45, 7) is 0. The molecule has 0 aliphatic heterocycles. The van der Waals surface area contributed by atoms with E-state index >= 15 is 0 Å². The fourth-order valence-corrected chi connectivity index (χ4v) is 2.59. The molecule has 76 valence electrons. The molecule has 0 unspecified atom stereocenters. The first kappa shape index (κ1) is 12.5. The number of carbonyl (C=O) groups is 1. The van der Waals surface area contributed by atoms with Crippen molar-refractivity contribution in [2.75, 3.05) is 23.5 Å². The summed E-state index contributed by atoms with van der Waals surface area (Å²) in [5.41, 5.74) is 0. The molecule has 0 spiro atoms. The third-order valence-electron chi connectivity index (χ3n) is 1.07. The van der Waals surface area contributed by atoms with Crippen molar-refractivity contribution in [3.8, 4) is 0 Å². The van der Waals surface area contributed by atoms with Gasteiger partial charge in [-0.2, -0.15) is 11.8 Å². The molecule has 4 nitrogen and oxygen atoms in total. The van der Waals surface area contributed by atoms with Crippen LogP contribution in [0.15, 0.2) is 12.2 Å². The summed E-state index contributed by atoms with van der Waals surface area (Å²) in [5.74, 6) is 0.187. The van der Waals surface area contributed by atoms with Crippen LogP contribution in [-0.2, 0) is 14.6 Å². The van der Waals surface area contributed by atoms with Gasteiger partial charge in [0.1, 0.15) is 9.84 Å². The Labute approximate surface area is 81.9 Å². The molecule has 0 aliphatic carbocycles. The predicted octanol–water partition coefficient (Wildman–Crippen LogP) is 0.405. The molecule has 0 saturated heterocycles. The first-order valence-corrected chi connectivity index (χ1v) is 6.78. The molecule has 0 aromatic heterocycles. The number of rotatable bonds is 6. The smallest absolute Gasteiger partial charge is 0.328 e. The molecule has 13 heavy (non-hydrogen) atoms. The van der Waals surface area contributed by atoms with Crippen molar-refractivity contribution < 1.29 is 18.3 Å².